The van der Waals surface area contributed by atoms with Crippen molar-refractivity contribution in [1.29, 1.82) is 0 Å². The Morgan fingerprint density at radius 1 is 1.56 bits per heavy atom. The van der Waals surface area contributed by atoms with Crippen molar-refractivity contribution < 1.29 is 4.74 Å². The Bertz CT molecular complexity index is 366. The second-order valence-corrected chi connectivity index (χ2v) is 5.18. The van der Waals surface area contributed by atoms with E-state index in [-0.39, 0.29) is 0 Å². The van der Waals surface area contributed by atoms with Crippen LogP contribution in [0, 0.1) is 5.92 Å². The van der Waals surface area contributed by atoms with Crippen LogP contribution in [-0.2, 0) is 18.3 Å². The normalized spacial score (nSPS) is 24.0. The first kappa shape index (κ1) is 13.5. The van der Waals surface area contributed by atoms with Crippen molar-refractivity contribution in [3.8, 4) is 0 Å². The second-order valence-electron chi connectivity index (χ2n) is 5.18. The molecule has 18 heavy (non-hydrogen) atoms. The van der Waals surface area contributed by atoms with Gasteiger partial charge in [-0.3, -0.25) is 4.68 Å². The van der Waals surface area contributed by atoms with Crippen molar-refractivity contribution >= 4 is 0 Å². The highest BCUT2D eigenvalue weighted by atomic mass is 16.5. The molecule has 0 bridgehead atoms. The molecule has 1 fully saturated rings. The van der Waals surface area contributed by atoms with Crippen molar-refractivity contribution in [3.63, 3.8) is 0 Å². The van der Waals surface area contributed by atoms with E-state index in [1.807, 2.05) is 17.9 Å². The fourth-order valence-electron chi connectivity index (χ4n) is 2.60. The molecule has 2 rings (SSSR count). The van der Waals surface area contributed by atoms with E-state index in [1.165, 1.54) is 5.56 Å². The van der Waals surface area contributed by atoms with E-state index < -0.39 is 0 Å². The van der Waals surface area contributed by atoms with Gasteiger partial charge >= 0.3 is 0 Å². The van der Waals surface area contributed by atoms with E-state index in [9.17, 15) is 0 Å². The van der Waals surface area contributed by atoms with Crippen LogP contribution in [0.5, 0.6) is 0 Å². The van der Waals surface area contributed by atoms with Crippen molar-refractivity contribution in [2.45, 2.75) is 19.5 Å². The number of aryl methyl sites for hydroxylation is 1. The lowest BCUT2D eigenvalue weighted by Gasteiger charge is -2.24. The Morgan fingerprint density at radius 3 is 3.06 bits per heavy atom. The van der Waals surface area contributed by atoms with Gasteiger partial charge in [-0.1, -0.05) is 6.92 Å². The van der Waals surface area contributed by atoms with Crippen molar-refractivity contribution in [3.05, 3.63) is 18.0 Å². The minimum absolute atomic E-state index is 0.506. The predicted molar refractivity (Wildman–Crippen MR) is 71.3 cm³/mol. The standard InChI is InChI=1S/C13H24N4O/c1-4-14-13-10-18-9-12(13)8-16(2)6-11-5-15-17(3)7-11/h5,7,12-14H,4,6,8-10H2,1-3H3. The number of hydrogen-bond acceptors (Lipinski definition) is 4. The molecule has 2 atom stereocenters. The van der Waals surface area contributed by atoms with Gasteiger partial charge in [0.25, 0.3) is 0 Å². The number of aromatic nitrogens is 2. The van der Waals surface area contributed by atoms with Crippen LogP contribution in [0.2, 0.25) is 0 Å². The highest BCUT2D eigenvalue weighted by molar-refractivity contribution is 5.03. The minimum Gasteiger partial charge on any atom is -0.379 e. The number of rotatable bonds is 6. The molecule has 0 aromatic carbocycles. The van der Waals surface area contributed by atoms with Gasteiger partial charge in [0.15, 0.2) is 0 Å². The topological polar surface area (TPSA) is 42.3 Å². The van der Waals surface area contributed by atoms with E-state index >= 15 is 0 Å². The van der Waals surface area contributed by atoms with Crippen LogP contribution < -0.4 is 5.32 Å². The average Bonchev–Trinajstić information content (AvgIpc) is 2.90. The Labute approximate surface area is 109 Å². The van der Waals surface area contributed by atoms with E-state index in [0.717, 1.165) is 32.8 Å². The van der Waals surface area contributed by atoms with Crippen LogP contribution in [0.1, 0.15) is 12.5 Å². The highest BCUT2D eigenvalue weighted by Gasteiger charge is 2.28. The number of nitrogens with one attached hydrogen (secondary N) is 1. The summed E-state index contributed by atoms with van der Waals surface area (Å²) in [6.07, 6.45) is 4.01. The van der Waals surface area contributed by atoms with Gasteiger partial charge in [0.1, 0.15) is 0 Å². The summed E-state index contributed by atoms with van der Waals surface area (Å²) in [6.45, 7) is 6.88. The van der Waals surface area contributed by atoms with Crippen molar-refractivity contribution in [2.75, 3.05) is 33.4 Å². The van der Waals surface area contributed by atoms with Crippen LogP contribution in [-0.4, -0.2) is 54.1 Å². The van der Waals surface area contributed by atoms with Crippen LogP contribution in [0.3, 0.4) is 0 Å². The summed E-state index contributed by atoms with van der Waals surface area (Å²) in [5.41, 5.74) is 1.26. The maximum Gasteiger partial charge on any atom is 0.0623 e. The molecule has 1 aliphatic rings. The molecular formula is C13H24N4O. The fourth-order valence-corrected chi connectivity index (χ4v) is 2.60. The molecule has 1 aliphatic heterocycles. The number of nitrogens with zero attached hydrogens (tertiary/aromatic N) is 3. The summed E-state index contributed by atoms with van der Waals surface area (Å²) < 4.78 is 7.42. The van der Waals surface area contributed by atoms with E-state index in [4.69, 9.17) is 4.74 Å². The third-order valence-electron chi connectivity index (χ3n) is 3.42. The Balaban J connectivity index is 1.81. The molecule has 1 aromatic rings. The Kier molecular flexibility index (Phi) is 4.74. The first-order valence-electron chi connectivity index (χ1n) is 6.66. The summed E-state index contributed by atoms with van der Waals surface area (Å²) in [5.74, 6) is 0.589. The predicted octanol–water partition coefficient (Wildman–Crippen LogP) is 0.476. The molecule has 5 heteroatoms. The van der Waals surface area contributed by atoms with E-state index in [1.54, 1.807) is 0 Å². The van der Waals surface area contributed by atoms with Crippen LogP contribution >= 0.6 is 0 Å². The molecule has 0 spiro atoms. The smallest absolute Gasteiger partial charge is 0.0623 e. The summed E-state index contributed by atoms with van der Waals surface area (Å²) in [7, 11) is 4.11. The molecule has 1 saturated heterocycles. The Morgan fingerprint density at radius 2 is 2.39 bits per heavy atom. The molecule has 0 saturated carbocycles. The quantitative estimate of drug-likeness (QED) is 0.799. The molecule has 1 N–H and O–H groups in total. The Hall–Kier alpha value is -0.910. The maximum absolute atomic E-state index is 5.57. The van der Waals surface area contributed by atoms with Crippen LogP contribution in [0.15, 0.2) is 12.4 Å². The van der Waals surface area contributed by atoms with Crippen molar-refractivity contribution in [1.82, 2.24) is 20.0 Å². The lowest BCUT2D eigenvalue weighted by molar-refractivity contribution is 0.172. The molecule has 2 unspecified atom stereocenters. The SMILES string of the molecule is CCNC1COCC1CN(C)Cc1cnn(C)c1. The summed E-state index contributed by atoms with van der Waals surface area (Å²) >= 11 is 0. The monoisotopic (exact) mass is 252 g/mol. The van der Waals surface area contributed by atoms with Gasteiger partial charge in [0.05, 0.1) is 19.4 Å². The van der Waals surface area contributed by atoms with Gasteiger partial charge in [-0.15, -0.1) is 0 Å². The van der Waals surface area contributed by atoms with E-state index in [2.05, 4.69) is 35.5 Å². The lowest BCUT2D eigenvalue weighted by Crippen LogP contribution is -2.40. The van der Waals surface area contributed by atoms with Gasteiger partial charge in [0.2, 0.25) is 0 Å². The lowest BCUT2D eigenvalue weighted by atomic mass is 10.0. The minimum atomic E-state index is 0.506. The van der Waals surface area contributed by atoms with Crippen LogP contribution in [0.4, 0.5) is 0 Å². The fraction of sp³-hybridized carbons (Fsp3) is 0.769. The first-order chi connectivity index (χ1) is 8.69. The largest absolute Gasteiger partial charge is 0.379 e. The zero-order valence-electron chi connectivity index (χ0n) is 11.6. The maximum atomic E-state index is 5.57. The van der Waals surface area contributed by atoms with Gasteiger partial charge < -0.3 is 15.0 Å². The molecule has 1 aromatic heterocycles. The summed E-state index contributed by atoms with van der Waals surface area (Å²) in [6, 6.07) is 0.506. The summed E-state index contributed by atoms with van der Waals surface area (Å²) in [4.78, 5) is 2.35. The van der Waals surface area contributed by atoms with Gasteiger partial charge in [0, 0.05) is 43.9 Å². The molecule has 0 aliphatic carbocycles. The molecule has 0 radical (unpaired) electrons. The summed E-state index contributed by atoms with van der Waals surface area (Å²) in [5, 5.41) is 7.70. The third-order valence-corrected chi connectivity index (χ3v) is 3.42. The molecule has 102 valence electrons. The third kappa shape index (κ3) is 3.54. The number of ether oxygens (including phenoxy) is 1. The molecule has 5 nitrogen and oxygen atoms in total. The highest BCUT2D eigenvalue weighted by Crippen LogP contribution is 2.15. The van der Waals surface area contributed by atoms with Gasteiger partial charge in [-0.05, 0) is 13.6 Å². The molecular weight excluding hydrogens is 228 g/mol. The zero-order valence-corrected chi connectivity index (χ0v) is 11.6. The van der Waals surface area contributed by atoms with Gasteiger partial charge in [-0.2, -0.15) is 5.10 Å². The van der Waals surface area contributed by atoms with E-state index in [0.29, 0.717) is 12.0 Å². The zero-order chi connectivity index (χ0) is 13.0. The molecule has 0 amide bonds. The van der Waals surface area contributed by atoms with Gasteiger partial charge in [-0.25, -0.2) is 0 Å². The average molecular weight is 252 g/mol. The number of likely N-dealkylation sites (N-methyl/N-ethyl adjacent to an activating group) is 1. The van der Waals surface area contributed by atoms with Crippen LogP contribution in [0.25, 0.3) is 0 Å². The number of hydrogen-bond donors (Lipinski definition) is 1. The molecule has 2 heterocycles. The second kappa shape index (κ2) is 6.31. The first-order valence-corrected chi connectivity index (χ1v) is 6.66. The van der Waals surface area contributed by atoms with Crippen molar-refractivity contribution in [2.24, 2.45) is 13.0 Å².